The molecule has 0 fully saturated rings. The van der Waals surface area contributed by atoms with Gasteiger partial charge in [-0.05, 0) is 16.7 Å². The van der Waals surface area contributed by atoms with Crippen molar-refractivity contribution in [2.75, 3.05) is 0 Å². The largest absolute Gasteiger partial charge is 0.269 e. The van der Waals surface area contributed by atoms with E-state index in [1.54, 1.807) is 6.21 Å². The van der Waals surface area contributed by atoms with Crippen LogP contribution in [0.5, 0.6) is 0 Å². The SMILES string of the molecule is N#CC1N=Cc2ccccc2-c2ccccc21. The van der Waals surface area contributed by atoms with Crippen LogP contribution in [-0.4, -0.2) is 6.21 Å². The fourth-order valence-electron chi connectivity index (χ4n) is 2.17. The van der Waals surface area contributed by atoms with Gasteiger partial charge in [0.1, 0.15) is 0 Å². The molecule has 0 N–H and O–H groups in total. The van der Waals surface area contributed by atoms with Gasteiger partial charge in [0.05, 0.1) is 6.07 Å². The third kappa shape index (κ3) is 1.53. The van der Waals surface area contributed by atoms with Crippen molar-refractivity contribution in [3.63, 3.8) is 0 Å². The van der Waals surface area contributed by atoms with Crippen LogP contribution in [0.25, 0.3) is 11.1 Å². The van der Waals surface area contributed by atoms with Crippen molar-refractivity contribution in [2.45, 2.75) is 6.04 Å². The third-order valence-electron chi connectivity index (χ3n) is 2.99. The lowest BCUT2D eigenvalue weighted by molar-refractivity contribution is 0.939. The van der Waals surface area contributed by atoms with Crippen molar-refractivity contribution in [2.24, 2.45) is 4.99 Å². The molecule has 1 aliphatic heterocycles. The molecule has 0 bridgehead atoms. The molecule has 0 aromatic heterocycles. The lowest BCUT2D eigenvalue weighted by Crippen LogP contribution is -1.93. The Bertz CT molecular complexity index is 635. The number of benzene rings is 2. The van der Waals surface area contributed by atoms with Crippen molar-refractivity contribution in [1.82, 2.24) is 0 Å². The molecule has 0 aliphatic carbocycles. The van der Waals surface area contributed by atoms with Crippen LogP contribution in [0, 0.1) is 11.3 Å². The van der Waals surface area contributed by atoms with Crippen LogP contribution < -0.4 is 0 Å². The first kappa shape index (κ1) is 9.80. The molecule has 1 unspecified atom stereocenters. The van der Waals surface area contributed by atoms with Gasteiger partial charge >= 0.3 is 0 Å². The summed E-state index contributed by atoms with van der Waals surface area (Å²) in [6.07, 6.45) is 1.79. The number of nitrogens with zero attached hydrogens (tertiary/aromatic N) is 2. The normalized spacial score (nSPS) is 16.5. The summed E-state index contributed by atoms with van der Waals surface area (Å²) < 4.78 is 0. The molecule has 0 saturated carbocycles. The molecule has 80 valence electrons. The van der Waals surface area contributed by atoms with Gasteiger partial charge in [0.15, 0.2) is 6.04 Å². The molecule has 2 aromatic carbocycles. The van der Waals surface area contributed by atoms with Gasteiger partial charge in [0, 0.05) is 11.8 Å². The summed E-state index contributed by atoms with van der Waals surface area (Å²) in [5, 5.41) is 9.18. The summed E-state index contributed by atoms with van der Waals surface area (Å²) in [6, 6.07) is 17.9. The highest BCUT2D eigenvalue weighted by Crippen LogP contribution is 2.33. The van der Waals surface area contributed by atoms with E-state index in [1.807, 2.05) is 42.5 Å². The number of nitriles is 1. The van der Waals surface area contributed by atoms with E-state index in [0.717, 1.165) is 22.3 Å². The predicted octanol–water partition coefficient (Wildman–Crippen LogP) is 3.35. The minimum Gasteiger partial charge on any atom is -0.269 e. The first-order chi connectivity index (χ1) is 8.40. The van der Waals surface area contributed by atoms with E-state index < -0.39 is 6.04 Å². The Morgan fingerprint density at radius 1 is 0.941 bits per heavy atom. The van der Waals surface area contributed by atoms with E-state index in [-0.39, 0.29) is 0 Å². The summed E-state index contributed by atoms with van der Waals surface area (Å²) >= 11 is 0. The van der Waals surface area contributed by atoms with Gasteiger partial charge in [-0.1, -0.05) is 48.5 Å². The molecule has 0 radical (unpaired) electrons. The number of hydrogen-bond donors (Lipinski definition) is 0. The molecule has 17 heavy (non-hydrogen) atoms. The van der Waals surface area contributed by atoms with Crippen molar-refractivity contribution >= 4 is 6.21 Å². The van der Waals surface area contributed by atoms with Gasteiger partial charge in [-0.2, -0.15) is 5.26 Å². The monoisotopic (exact) mass is 218 g/mol. The molecule has 3 rings (SSSR count). The van der Waals surface area contributed by atoms with Crippen LogP contribution >= 0.6 is 0 Å². The number of aliphatic imine (C=N–C) groups is 1. The van der Waals surface area contributed by atoms with Crippen molar-refractivity contribution < 1.29 is 0 Å². The second kappa shape index (κ2) is 3.88. The van der Waals surface area contributed by atoms with Crippen LogP contribution in [0.3, 0.4) is 0 Å². The highest BCUT2D eigenvalue weighted by atomic mass is 14.8. The minimum atomic E-state index is -0.404. The summed E-state index contributed by atoms with van der Waals surface area (Å²) in [5.41, 5.74) is 4.30. The van der Waals surface area contributed by atoms with Crippen LogP contribution in [0.15, 0.2) is 53.5 Å². The fourth-order valence-corrected chi connectivity index (χ4v) is 2.17. The molecule has 0 amide bonds. The Kier molecular flexibility index (Phi) is 2.23. The van der Waals surface area contributed by atoms with Crippen LogP contribution in [0.2, 0.25) is 0 Å². The maximum atomic E-state index is 9.18. The van der Waals surface area contributed by atoms with E-state index in [0.29, 0.717) is 0 Å². The maximum absolute atomic E-state index is 9.18. The Labute approximate surface area is 99.9 Å². The molecule has 0 saturated heterocycles. The first-order valence-corrected chi connectivity index (χ1v) is 5.51. The lowest BCUT2D eigenvalue weighted by atomic mass is 9.94. The van der Waals surface area contributed by atoms with Crippen molar-refractivity contribution in [3.05, 3.63) is 59.7 Å². The third-order valence-corrected chi connectivity index (χ3v) is 2.99. The first-order valence-electron chi connectivity index (χ1n) is 5.51. The Morgan fingerprint density at radius 3 is 2.47 bits per heavy atom. The van der Waals surface area contributed by atoms with Crippen LogP contribution in [0.4, 0.5) is 0 Å². The zero-order chi connectivity index (χ0) is 11.7. The maximum Gasteiger partial charge on any atom is 0.162 e. The van der Waals surface area contributed by atoms with Crippen LogP contribution in [0.1, 0.15) is 17.2 Å². The van der Waals surface area contributed by atoms with Crippen molar-refractivity contribution in [3.8, 4) is 17.2 Å². The highest BCUT2D eigenvalue weighted by molar-refractivity contribution is 5.93. The molecular weight excluding hydrogens is 208 g/mol. The smallest absolute Gasteiger partial charge is 0.162 e. The molecule has 0 spiro atoms. The van der Waals surface area contributed by atoms with Gasteiger partial charge in [-0.3, -0.25) is 4.99 Å². The summed E-state index contributed by atoms with van der Waals surface area (Å²) in [4.78, 5) is 4.34. The second-order valence-electron chi connectivity index (χ2n) is 3.98. The average molecular weight is 218 g/mol. The van der Waals surface area contributed by atoms with Gasteiger partial charge in [0.2, 0.25) is 0 Å². The summed E-state index contributed by atoms with van der Waals surface area (Å²) in [7, 11) is 0. The standard InChI is InChI=1S/C15H10N2/c16-9-15-14-8-4-3-7-13(14)12-6-2-1-5-11(12)10-17-15/h1-8,10,15H. The van der Waals surface area contributed by atoms with E-state index in [9.17, 15) is 5.26 Å². The quantitative estimate of drug-likeness (QED) is 0.668. The van der Waals surface area contributed by atoms with Gasteiger partial charge < -0.3 is 0 Å². The Morgan fingerprint density at radius 2 is 1.65 bits per heavy atom. The number of fused-ring (bicyclic) bond motifs is 3. The van der Waals surface area contributed by atoms with E-state index in [4.69, 9.17) is 0 Å². The molecule has 1 heterocycles. The van der Waals surface area contributed by atoms with Gasteiger partial charge in [0.25, 0.3) is 0 Å². The van der Waals surface area contributed by atoms with E-state index >= 15 is 0 Å². The second-order valence-corrected chi connectivity index (χ2v) is 3.98. The molecule has 1 atom stereocenters. The fraction of sp³-hybridized carbons (Fsp3) is 0.0667. The zero-order valence-corrected chi connectivity index (χ0v) is 9.17. The van der Waals surface area contributed by atoms with E-state index in [1.165, 1.54) is 0 Å². The molecular formula is C15H10N2. The molecule has 2 heteroatoms. The van der Waals surface area contributed by atoms with Gasteiger partial charge in [-0.15, -0.1) is 0 Å². The van der Waals surface area contributed by atoms with E-state index in [2.05, 4.69) is 17.1 Å². The lowest BCUT2D eigenvalue weighted by Gasteiger charge is -2.09. The van der Waals surface area contributed by atoms with Crippen LogP contribution in [-0.2, 0) is 0 Å². The molecule has 2 aromatic rings. The number of rotatable bonds is 0. The highest BCUT2D eigenvalue weighted by Gasteiger charge is 2.18. The van der Waals surface area contributed by atoms with Crippen molar-refractivity contribution in [1.29, 1.82) is 5.26 Å². The zero-order valence-electron chi connectivity index (χ0n) is 9.17. The minimum absolute atomic E-state index is 0.404. The average Bonchev–Trinajstić information content (AvgIpc) is 2.56. The molecule has 2 nitrogen and oxygen atoms in total. The number of hydrogen-bond acceptors (Lipinski definition) is 2. The molecule has 1 aliphatic rings. The topological polar surface area (TPSA) is 36.1 Å². The summed E-state index contributed by atoms with van der Waals surface area (Å²) in [6.45, 7) is 0. The Balaban J connectivity index is 2.35. The summed E-state index contributed by atoms with van der Waals surface area (Å²) in [5.74, 6) is 0. The Hall–Kier alpha value is -2.40. The van der Waals surface area contributed by atoms with Gasteiger partial charge in [-0.25, -0.2) is 0 Å². The predicted molar refractivity (Wildman–Crippen MR) is 67.8 cm³/mol.